The van der Waals surface area contributed by atoms with Crippen LogP contribution in [-0.4, -0.2) is 0 Å². The second-order valence-electron chi connectivity index (χ2n) is 15.3. The van der Waals surface area contributed by atoms with Gasteiger partial charge < -0.3 is 0 Å². The highest BCUT2D eigenvalue weighted by atomic mass is 14.3. The fourth-order valence-corrected chi connectivity index (χ4v) is 5.91. The van der Waals surface area contributed by atoms with E-state index in [-0.39, 0.29) is 0 Å². The maximum absolute atomic E-state index is 2.42. The summed E-state index contributed by atoms with van der Waals surface area (Å²) in [5, 5.41) is 0. The molecule has 2 aliphatic rings. The highest BCUT2D eigenvalue weighted by Gasteiger charge is 2.25. The summed E-state index contributed by atoms with van der Waals surface area (Å²) >= 11 is 0. The van der Waals surface area contributed by atoms with E-state index in [9.17, 15) is 0 Å². The normalized spacial score (nSPS) is 23.3. The molecule has 2 rings (SSSR count). The zero-order valence-electron chi connectivity index (χ0n) is 29.0. The standard InChI is InChI=1S/C11H22.C10H20.C9H20.C7H16/c1-8(2)11-6-5-9(3)10(4)7-11;1-9(2)8-10-6-4-3-5-7-10;1-7(2)6-9(5)8(3)4;1-4-5-6-7(2)3/h8-11H,5-7H2,1-4H3;9-10H,3-8H2,1-2H3;7-9H,6H2,1-5H3;7H,4-6H2,1-3H3. The summed E-state index contributed by atoms with van der Waals surface area (Å²) in [6.45, 7) is 32.5. The summed E-state index contributed by atoms with van der Waals surface area (Å²) in [6.07, 6.45) is 18.9. The zero-order valence-corrected chi connectivity index (χ0v) is 29.0. The first-order valence-electron chi connectivity index (χ1n) is 17.2. The Balaban J connectivity index is 0. The lowest BCUT2D eigenvalue weighted by Gasteiger charge is -2.34. The third kappa shape index (κ3) is 24.8. The van der Waals surface area contributed by atoms with Crippen LogP contribution in [0.5, 0.6) is 0 Å². The predicted molar refractivity (Wildman–Crippen MR) is 174 cm³/mol. The Kier molecular flexibility index (Phi) is 25.2. The van der Waals surface area contributed by atoms with Gasteiger partial charge in [0.05, 0.1) is 0 Å². The summed E-state index contributed by atoms with van der Waals surface area (Å²) in [5.41, 5.74) is 0. The molecule has 2 saturated carbocycles. The first-order valence-corrected chi connectivity index (χ1v) is 17.2. The molecule has 0 aromatic carbocycles. The molecule has 0 radical (unpaired) electrons. The van der Waals surface area contributed by atoms with Gasteiger partial charge in [-0.15, -0.1) is 0 Å². The summed E-state index contributed by atoms with van der Waals surface area (Å²) in [6, 6.07) is 0. The second kappa shape index (κ2) is 23.9. The van der Waals surface area contributed by atoms with Gasteiger partial charge in [0.1, 0.15) is 0 Å². The Morgan fingerprint density at radius 2 is 1.19 bits per heavy atom. The highest BCUT2D eigenvalue weighted by molar-refractivity contribution is 4.76. The molecule has 0 aliphatic heterocycles. The third-order valence-electron chi connectivity index (χ3n) is 9.23. The van der Waals surface area contributed by atoms with Gasteiger partial charge in [0.15, 0.2) is 0 Å². The minimum Gasteiger partial charge on any atom is -0.0654 e. The minimum absolute atomic E-state index is 0.854. The Morgan fingerprint density at radius 1 is 0.622 bits per heavy atom. The first kappa shape index (κ1) is 39.1. The van der Waals surface area contributed by atoms with Crippen LogP contribution >= 0.6 is 0 Å². The fourth-order valence-electron chi connectivity index (χ4n) is 5.91. The predicted octanol–water partition coefficient (Wildman–Crippen LogP) is 13.5. The van der Waals surface area contributed by atoms with Gasteiger partial charge in [0.25, 0.3) is 0 Å². The zero-order chi connectivity index (χ0) is 29.0. The molecule has 0 N–H and O–H groups in total. The van der Waals surface area contributed by atoms with Gasteiger partial charge in [-0.1, -0.05) is 155 Å². The van der Waals surface area contributed by atoms with Crippen LogP contribution in [0.1, 0.15) is 180 Å². The van der Waals surface area contributed by atoms with Crippen LogP contribution in [0.25, 0.3) is 0 Å². The first-order chi connectivity index (χ1) is 17.2. The van der Waals surface area contributed by atoms with E-state index in [1.165, 1.54) is 83.5 Å². The van der Waals surface area contributed by atoms with Crippen LogP contribution in [0.2, 0.25) is 0 Å². The Morgan fingerprint density at radius 3 is 1.51 bits per heavy atom. The Labute approximate surface area is 239 Å². The number of hydrogen-bond acceptors (Lipinski definition) is 0. The molecule has 0 heterocycles. The molecule has 0 amide bonds. The van der Waals surface area contributed by atoms with Crippen molar-refractivity contribution in [2.75, 3.05) is 0 Å². The van der Waals surface area contributed by atoms with E-state index in [1.54, 1.807) is 0 Å². The minimum atomic E-state index is 0.854. The summed E-state index contributed by atoms with van der Waals surface area (Å²) in [4.78, 5) is 0. The van der Waals surface area contributed by atoms with E-state index in [0.29, 0.717) is 0 Å². The van der Waals surface area contributed by atoms with Gasteiger partial charge in [-0.3, -0.25) is 0 Å². The lowest BCUT2D eigenvalue weighted by molar-refractivity contribution is 0.171. The van der Waals surface area contributed by atoms with Crippen molar-refractivity contribution in [2.24, 2.45) is 59.2 Å². The molecule has 0 nitrogen and oxygen atoms in total. The monoisotopic (exact) mass is 523 g/mol. The number of rotatable bonds is 9. The molecule has 4 unspecified atom stereocenters. The van der Waals surface area contributed by atoms with Gasteiger partial charge in [0.2, 0.25) is 0 Å². The van der Waals surface area contributed by atoms with Crippen molar-refractivity contribution in [1.29, 1.82) is 0 Å². The quantitative estimate of drug-likeness (QED) is 0.282. The van der Waals surface area contributed by atoms with Crippen LogP contribution < -0.4 is 0 Å². The van der Waals surface area contributed by atoms with Crippen molar-refractivity contribution in [1.82, 2.24) is 0 Å². The van der Waals surface area contributed by atoms with Crippen molar-refractivity contribution in [3.8, 4) is 0 Å². The Bertz CT molecular complexity index is 451. The molecular formula is C37H78. The van der Waals surface area contributed by atoms with E-state index < -0.39 is 0 Å². The van der Waals surface area contributed by atoms with E-state index >= 15 is 0 Å². The maximum Gasteiger partial charge on any atom is -0.0388 e. The van der Waals surface area contributed by atoms with Crippen LogP contribution in [-0.2, 0) is 0 Å². The topological polar surface area (TPSA) is 0 Å². The van der Waals surface area contributed by atoms with Crippen molar-refractivity contribution < 1.29 is 0 Å². The van der Waals surface area contributed by atoms with Crippen molar-refractivity contribution in [2.45, 2.75) is 180 Å². The van der Waals surface area contributed by atoms with Crippen LogP contribution in [0.15, 0.2) is 0 Å². The molecule has 226 valence electrons. The smallest absolute Gasteiger partial charge is 0.0388 e. The molecule has 2 fully saturated rings. The van der Waals surface area contributed by atoms with Crippen LogP contribution in [0.3, 0.4) is 0 Å². The van der Waals surface area contributed by atoms with Gasteiger partial charge in [-0.2, -0.15) is 0 Å². The second-order valence-corrected chi connectivity index (χ2v) is 15.3. The molecule has 0 aromatic heterocycles. The molecular weight excluding hydrogens is 444 g/mol. The molecule has 0 saturated heterocycles. The maximum atomic E-state index is 2.42. The van der Waals surface area contributed by atoms with Crippen molar-refractivity contribution in [3.05, 3.63) is 0 Å². The van der Waals surface area contributed by atoms with E-state index in [4.69, 9.17) is 0 Å². The number of hydrogen-bond donors (Lipinski definition) is 0. The summed E-state index contributed by atoms with van der Waals surface area (Å²) < 4.78 is 0. The SMILES string of the molecule is CC(C)C1CCC(C)C(C)C1.CC(C)CC(C)C(C)C.CC(C)CC1CCCCC1.CCCCC(C)C. The Hall–Kier alpha value is 0. The van der Waals surface area contributed by atoms with Crippen molar-refractivity contribution in [3.63, 3.8) is 0 Å². The van der Waals surface area contributed by atoms with Crippen LogP contribution in [0.4, 0.5) is 0 Å². The van der Waals surface area contributed by atoms with E-state index in [1.807, 2.05) is 0 Å². The largest absolute Gasteiger partial charge is 0.0654 e. The molecule has 0 aromatic rings. The van der Waals surface area contributed by atoms with Gasteiger partial charge in [0, 0.05) is 0 Å². The van der Waals surface area contributed by atoms with Crippen molar-refractivity contribution >= 4 is 0 Å². The lowest BCUT2D eigenvalue weighted by atomic mass is 9.72. The van der Waals surface area contributed by atoms with E-state index in [2.05, 4.69) is 96.9 Å². The van der Waals surface area contributed by atoms with Crippen LogP contribution in [0, 0.1) is 59.2 Å². The molecule has 0 bridgehead atoms. The molecule has 37 heavy (non-hydrogen) atoms. The number of unbranched alkanes of at least 4 members (excludes halogenated alkanes) is 1. The average molecular weight is 523 g/mol. The fraction of sp³-hybridized carbons (Fsp3) is 1.00. The third-order valence-corrected chi connectivity index (χ3v) is 9.23. The van der Waals surface area contributed by atoms with E-state index in [0.717, 1.165) is 59.2 Å². The molecule has 2 aliphatic carbocycles. The van der Waals surface area contributed by atoms with Gasteiger partial charge in [-0.25, -0.2) is 0 Å². The molecule has 0 spiro atoms. The highest BCUT2D eigenvalue weighted by Crippen LogP contribution is 2.36. The summed E-state index contributed by atoms with van der Waals surface area (Å²) in [7, 11) is 0. The summed E-state index contributed by atoms with van der Waals surface area (Å²) in [5.74, 6) is 9.38. The molecule has 4 atom stereocenters. The molecule has 0 heteroatoms. The van der Waals surface area contributed by atoms with Gasteiger partial charge in [-0.05, 0) is 84.9 Å². The average Bonchev–Trinajstić information content (AvgIpc) is 2.80. The lowest BCUT2D eigenvalue weighted by Crippen LogP contribution is -2.23. The van der Waals surface area contributed by atoms with Gasteiger partial charge >= 0.3 is 0 Å².